The molecule has 0 aliphatic heterocycles. The van der Waals surface area contributed by atoms with E-state index in [1.54, 1.807) is 11.8 Å². The van der Waals surface area contributed by atoms with Crippen LogP contribution >= 0.6 is 11.8 Å². The van der Waals surface area contributed by atoms with Crippen molar-refractivity contribution in [3.8, 4) is 0 Å². The van der Waals surface area contributed by atoms with Crippen LogP contribution in [0.15, 0.2) is 17.2 Å². The van der Waals surface area contributed by atoms with E-state index in [4.69, 9.17) is 5.73 Å². The zero-order valence-electron chi connectivity index (χ0n) is 10.5. The van der Waals surface area contributed by atoms with Gasteiger partial charge in [0.1, 0.15) is 0 Å². The lowest BCUT2D eigenvalue weighted by Crippen LogP contribution is -2.43. The van der Waals surface area contributed by atoms with Gasteiger partial charge in [-0.15, -0.1) is 11.8 Å². The number of nitrogens with zero attached hydrogens (tertiary/aromatic N) is 1. The SMILES string of the molecule is CCNC(CSc1cc(C)cc(C)n1)C(N)=O. The number of aromatic nitrogens is 1. The lowest BCUT2D eigenvalue weighted by molar-refractivity contribution is -0.119. The molecule has 94 valence electrons. The Bertz CT molecular complexity index is 375. The molecule has 1 aromatic rings. The summed E-state index contributed by atoms with van der Waals surface area (Å²) < 4.78 is 0. The summed E-state index contributed by atoms with van der Waals surface area (Å²) in [5, 5.41) is 4.00. The average Bonchev–Trinajstić information content (AvgIpc) is 2.22. The van der Waals surface area contributed by atoms with E-state index in [2.05, 4.69) is 10.3 Å². The van der Waals surface area contributed by atoms with Crippen LogP contribution < -0.4 is 11.1 Å². The first-order valence-electron chi connectivity index (χ1n) is 5.63. The monoisotopic (exact) mass is 253 g/mol. The molecule has 1 amide bonds. The van der Waals surface area contributed by atoms with Gasteiger partial charge in [-0.25, -0.2) is 4.98 Å². The maximum absolute atomic E-state index is 11.2. The second-order valence-corrected chi connectivity index (χ2v) is 4.99. The van der Waals surface area contributed by atoms with Gasteiger partial charge in [-0.2, -0.15) is 0 Å². The summed E-state index contributed by atoms with van der Waals surface area (Å²) in [4.78, 5) is 15.6. The van der Waals surface area contributed by atoms with Crippen molar-refractivity contribution in [3.63, 3.8) is 0 Å². The summed E-state index contributed by atoms with van der Waals surface area (Å²) in [6.07, 6.45) is 0. The number of hydrogen-bond donors (Lipinski definition) is 2. The Kier molecular flexibility index (Phi) is 5.44. The third kappa shape index (κ3) is 4.75. The number of carbonyl (C=O) groups excluding carboxylic acids is 1. The topological polar surface area (TPSA) is 68.0 Å². The van der Waals surface area contributed by atoms with Crippen molar-refractivity contribution in [1.82, 2.24) is 10.3 Å². The number of likely N-dealkylation sites (N-methyl/N-ethyl adjacent to an activating group) is 1. The highest BCUT2D eigenvalue weighted by Gasteiger charge is 2.14. The van der Waals surface area contributed by atoms with Gasteiger partial charge in [0.05, 0.1) is 11.1 Å². The molecule has 0 bridgehead atoms. The summed E-state index contributed by atoms with van der Waals surface area (Å²) in [5.74, 6) is 0.294. The van der Waals surface area contributed by atoms with E-state index in [9.17, 15) is 4.79 Å². The first-order chi connectivity index (χ1) is 8.02. The van der Waals surface area contributed by atoms with Crippen molar-refractivity contribution >= 4 is 17.7 Å². The Labute approximate surface area is 106 Å². The molecule has 3 N–H and O–H groups in total. The van der Waals surface area contributed by atoms with Crippen molar-refractivity contribution in [2.75, 3.05) is 12.3 Å². The Morgan fingerprint density at radius 1 is 1.53 bits per heavy atom. The summed E-state index contributed by atoms with van der Waals surface area (Å²) in [6.45, 7) is 6.69. The van der Waals surface area contributed by atoms with Crippen molar-refractivity contribution in [2.45, 2.75) is 31.8 Å². The Morgan fingerprint density at radius 3 is 2.76 bits per heavy atom. The maximum atomic E-state index is 11.2. The number of rotatable bonds is 6. The van der Waals surface area contributed by atoms with Crippen LogP contribution in [-0.4, -0.2) is 29.2 Å². The van der Waals surface area contributed by atoms with Gasteiger partial charge in [0, 0.05) is 11.4 Å². The standard InChI is InChI=1S/C12H19N3OS/c1-4-14-10(12(13)16)7-17-11-6-8(2)5-9(3)15-11/h5-6,10,14H,4,7H2,1-3H3,(H2,13,16). The first kappa shape index (κ1) is 14.0. The molecular weight excluding hydrogens is 234 g/mol. The third-order valence-corrected chi connectivity index (χ3v) is 3.27. The van der Waals surface area contributed by atoms with Gasteiger partial charge in [0.25, 0.3) is 0 Å². The molecule has 0 aliphatic rings. The van der Waals surface area contributed by atoms with Crippen molar-refractivity contribution in [2.24, 2.45) is 5.73 Å². The number of nitrogens with one attached hydrogen (secondary N) is 1. The number of carbonyl (C=O) groups is 1. The second kappa shape index (κ2) is 6.61. The van der Waals surface area contributed by atoms with Gasteiger partial charge >= 0.3 is 0 Å². The first-order valence-corrected chi connectivity index (χ1v) is 6.62. The third-order valence-electron chi connectivity index (χ3n) is 2.27. The van der Waals surface area contributed by atoms with E-state index in [0.717, 1.165) is 17.3 Å². The molecule has 1 atom stereocenters. The molecular formula is C12H19N3OS. The predicted molar refractivity (Wildman–Crippen MR) is 71.1 cm³/mol. The average molecular weight is 253 g/mol. The van der Waals surface area contributed by atoms with Crippen LogP contribution in [0.3, 0.4) is 0 Å². The molecule has 5 heteroatoms. The van der Waals surface area contributed by atoms with Gasteiger partial charge in [-0.05, 0) is 38.1 Å². The van der Waals surface area contributed by atoms with Crippen LogP contribution in [0.5, 0.6) is 0 Å². The normalized spacial score (nSPS) is 12.4. The molecule has 1 heterocycles. The lowest BCUT2D eigenvalue weighted by atomic mass is 10.3. The number of primary amides is 1. The van der Waals surface area contributed by atoms with Crippen LogP contribution in [0.2, 0.25) is 0 Å². The number of pyridine rings is 1. The van der Waals surface area contributed by atoms with Crippen LogP contribution in [-0.2, 0) is 4.79 Å². The van der Waals surface area contributed by atoms with Crippen LogP contribution in [0.25, 0.3) is 0 Å². The molecule has 17 heavy (non-hydrogen) atoms. The fourth-order valence-corrected chi connectivity index (χ4v) is 2.63. The van der Waals surface area contributed by atoms with E-state index >= 15 is 0 Å². The molecule has 0 spiro atoms. The molecule has 1 unspecified atom stereocenters. The number of thioether (sulfide) groups is 1. The zero-order valence-corrected chi connectivity index (χ0v) is 11.3. The Hall–Kier alpha value is -1.07. The minimum absolute atomic E-state index is 0.299. The number of hydrogen-bond acceptors (Lipinski definition) is 4. The van der Waals surface area contributed by atoms with E-state index in [1.807, 2.05) is 32.9 Å². The molecule has 4 nitrogen and oxygen atoms in total. The highest BCUT2D eigenvalue weighted by atomic mass is 32.2. The van der Waals surface area contributed by atoms with E-state index in [0.29, 0.717) is 5.75 Å². The molecule has 0 saturated carbocycles. The molecule has 1 rings (SSSR count). The second-order valence-electron chi connectivity index (χ2n) is 3.95. The summed E-state index contributed by atoms with van der Waals surface area (Å²) in [7, 11) is 0. The maximum Gasteiger partial charge on any atom is 0.235 e. The minimum atomic E-state index is -0.316. The number of amides is 1. The van der Waals surface area contributed by atoms with Gasteiger partial charge in [-0.1, -0.05) is 6.92 Å². The van der Waals surface area contributed by atoms with E-state index in [1.165, 1.54) is 5.56 Å². The van der Waals surface area contributed by atoms with Crippen LogP contribution in [0, 0.1) is 13.8 Å². The van der Waals surface area contributed by atoms with E-state index in [-0.39, 0.29) is 11.9 Å². The molecule has 0 radical (unpaired) electrons. The summed E-state index contributed by atoms with van der Waals surface area (Å²) in [6, 6.07) is 3.74. The quantitative estimate of drug-likeness (QED) is 0.749. The Balaban J connectivity index is 2.61. The minimum Gasteiger partial charge on any atom is -0.368 e. The van der Waals surface area contributed by atoms with Crippen molar-refractivity contribution < 1.29 is 4.79 Å². The molecule has 0 aliphatic carbocycles. The largest absolute Gasteiger partial charge is 0.368 e. The summed E-state index contributed by atoms with van der Waals surface area (Å²) >= 11 is 1.55. The number of nitrogens with two attached hydrogens (primary N) is 1. The molecule has 0 fully saturated rings. The van der Waals surface area contributed by atoms with E-state index < -0.39 is 0 Å². The fraction of sp³-hybridized carbons (Fsp3) is 0.500. The van der Waals surface area contributed by atoms with Crippen LogP contribution in [0.1, 0.15) is 18.2 Å². The van der Waals surface area contributed by atoms with Gasteiger partial charge in [-0.3, -0.25) is 4.79 Å². The smallest absolute Gasteiger partial charge is 0.235 e. The summed E-state index contributed by atoms with van der Waals surface area (Å²) in [5.41, 5.74) is 7.48. The predicted octanol–water partition coefficient (Wildman–Crippen LogP) is 1.25. The number of aryl methyl sites for hydroxylation is 2. The Morgan fingerprint density at radius 2 is 2.24 bits per heavy atom. The highest BCUT2D eigenvalue weighted by Crippen LogP contribution is 2.18. The molecule has 0 aromatic carbocycles. The fourth-order valence-electron chi connectivity index (χ4n) is 1.53. The van der Waals surface area contributed by atoms with Crippen LogP contribution in [0.4, 0.5) is 0 Å². The van der Waals surface area contributed by atoms with Crippen molar-refractivity contribution in [3.05, 3.63) is 23.4 Å². The highest BCUT2D eigenvalue weighted by molar-refractivity contribution is 7.99. The van der Waals surface area contributed by atoms with Crippen molar-refractivity contribution in [1.29, 1.82) is 0 Å². The lowest BCUT2D eigenvalue weighted by Gasteiger charge is -2.13. The molecule has 1 aromatic heterocycles. The van der Waals surface area contributed by atoms with Gasteiger partial charge in [0.15, 0.2) is 0 Å². The zero-order chi connectivity index (χ0) is 12.8. The van der Waals surface area contributed by atoms with Gasteiger partial charge < -0.3 is 11.1 Å². The molecule has 0 saturated heterocycles. The van der Waals surface area contributed by atoms with Gasteiger partial charge in [0.2, 0.25) is 5.91 Å².